The molecule has 4 rings (SSSR count). The predicted octanol–water partition coefficient (Wildman–Crippen LogP) is 5.76. The van der Waals surface area contributed by atoms with Gasteiger partial charge in [-0.3, -0.25) is 0 Å². The number of hydrogen-bond donors (Lipinski definition) is 2. The molecule has 0 spiro atoms. The first-order chi connectivity index (χ1) is 13.1. The van der Waals surface area contributed by atoms with Crippen LogP contribution in [0, 0.1) is 0 Å². The summed E-state index contributed by atoms with van der Waals surface area (Å²) < 4.78 is 3.35. The van der Waals surface area contributed by atoms with E-state index in [1.165, 1.54) is 11.3 Å². The molecule has 2 heterocycles. The van der Waals surface area contributed by atoms with E-state index in [2.05, 4.69) is 67.0 Å². The van der Waals surface area contributed by atoms with Crippen LogP contribution in [0.15, 0.2) is 62.1 Å². The van der Waals surface area contributed by atoms with E-state index in [1.54, 1.807) is 11.3 Å². The highest BCUT2D eigenvalue weighted by molar-refractivity contribution is 9.10. The second kappa shape index (κ2) is 9.07. The van der Waals surface area contributed by atoms with Gasteiger partial charge in [-0.1, -0.05) is 41.4 Å². The molecule has 0 aliphatic heterocycles. The summed E-state index contributed by atoms with van der Waals surface area (Å²) in [6.45, 7) is 3.12. The van der Waals surface area contributed by atoms with Gasteiger partial charge in [0.15, 0.2) is 4.80 Å². The maximum absolute atomic E-state index is 11.5. The molecule has 146 valence electrons. The van der Waals surface area contributed by atoms with Crippen molar-refractivity contribution >= 4 is 61.0 Å². The lowest BCUT2D eigenvalue weighted by molar-refractivity contribution is 0.624. The zero-order valence-electron chi connectivity index (χ0n) is 15.2. The molecule has 4 aromatic rings. The number of H-pyrrole nitrogens is 2. The number of nitrogens with zero attached hydrogens (tertiary/aromatic N) is 2. The molecule has 2 aromatic carbocycles. The number of imidazole rings is 1. The Balaban J connectivity index is 0.00000225. The fourth-order valence-corrected chi connectivity index (χ4v) is 4.22. The van der Waals surface area contributed by atoms with Crippen LogP contribution < -0.4 is 10.5 Å². The Hall–Kier alpha value is -1.90. The van der Waals surface area contributed by atoms with Crippen molar-refractivity contribution in [2.24, 2.45) is 4.99 Å². The number of rotatable bonds is 5. The molecule has 0 aliphatic carbocycles. The van der Waals surface area contributed by atoms with E-state index in [1.807, 2.05) is 18.2 Å². The molecule has 0 bridgehead atoms. The normalized spacial score (nSPS) is 11.7. The third-order valence-corrected chi connectivity index (χ3v) is 5.79. The van der Waals surface area contributed by atoms with Crippen molar-refractivity contribution < 1.29 is 0 Å². The Morgan fingerprint density at radius 3 is 2.61 bits per heavy atom. The maximum Gasteiger partial charge on any atom is 0.323 e. The van der Waals surface area contributed by atoms with Gasteiger partial charge < -0.3 is 14.5 Å². The topological polar surface area (TPSA) is 65.9 Å². The Kier molecular flexibility index (Phi) is 6.74. The van der Waals surface area contributed by atoms with Gasteiger partial charge in [0.2, 0.25) is 0 Å². The molecule has 0 fully saturated rings. The third kappa shape index (κ3) is 4.39. The monoisotopic (exact) mass is 522 g/mol. The number of benzene rings is 2. The fraction of sp³-hybridized carbons (Fsp3) is 0.200. The van der Waals surface area contributed by atoms with E-state index in [0.717, 1.165) is 45.4 Å². The van der Waals surface area contributed by atoms with Gasteiger partial charge in [0, 0.05) is 16.4 Å². The zero-order valence-corrected chi connectivity index (χ0v) is 19.4. The highest BCUT2D eigenvalue weighted by Gasteiger charge is 2.08. The first-order valence-electron chi connectivity index (χ1n) is 8.85. The molecular weight excluding hydrogens is 504 g/mol. The molecule has 0 amide bonds. The Morgan fingerprint density at radius 1 is 1.11 bits per heavy atom. The maximum atomic E-state index is 11.5. The van der Waals surface area contributed by atoms with E-state index in [-0.39, 0.29) is 22.7 Å². The van der Waals surface area contributed by atoms with Gasteiger partial charge in [0.25, 0.3) is 0 Å². The number of fused-ring (bicyclic) bond motifs is 1. The number of nitrogens with one attached hydrogen (secondary N) is 2. The van der Waals surface area contributed by atoms with Crippen LogP contribution in [0.1, 0.15) is 19.8 Å². The van der Waals surface area contributed by atoms with Crippen LogP contribution >= 0.6 is 44.2 Å². The van der Waals surface area contributed by atoms with E-state index < -0.39 is 0 Å². The molecule has 0 saturated heterocycles. The van der Waals surface area contributed by atoms with Crippen molar-refractivity contribution in [2.75, 3.05) is 0 Å². The summed E-state index contributed by atoms with van der Waals surface area (Å²) in [6.07, 6.45) is 2.22. The lowest BCUT2D eigenvalue weighted by atomic mass is 10.2. The van der Waals surface area contributed by atoms with Gasteiger partial charge in [-0.15, -0.1) is 28.3 Å². The number of halogens is 2. The summed E-state index contributed by atoms with van der Waals surface area (Å²) >= 11 is 5.13. The molecule has 2 N–H and O–H groups in total. The standard InChI is InChI=1S/C20H19BrN4OS.BrH/c1-2-3-10-25-18(13-4-6-14(21)7-5-13)12-27-20(25)22-15-8-9-16-17(11-15)24-19(26)23-16;/h4-9,11-12H,2-3,10H2,1H3,(H2,23,24,26);1H. The Bertz CT molecular complexity index is 1200. The molecule has 8 heteroatoms. The van der Waals surface area contributed by atoms with Crippen molar-refractivity contribution in [3.05, 3.63) is 67.6 Å². The zero-order chi connectivity index (χ0) is 18.8. The average molecular weight is 524 g/mol. The quantitative estimate of drug-likeness (QED) is 0.343. The van der Waals surface area contributed by atoms with Gasteiger partial charge in [0.05, 0.1) is 22.4 Å². The molecule has 2 aromatic heterocycles. The smallest absolute Gasteiger partial charge is 0.316 e. The summed E-state index contributed by atoms with van der Waals surface area (Å²) in [5, 5.41) is 2.16. The molecule has 0 saturated carbocycles. The fourth-order valence-electron chi connectivity index (χ4n) is 3.00. The summed E-state index contributed by atoms with van der Waals surface area (Å²) in [6, 6.07) is 14.1. The van der Waals surface area contributed by atoms with Crippen LogP contribution in [0.2, 0.25) is 0 Å². The van der Waals surface area contributed by atoms with Crippen molar-refractivity contribution in [3.63, 3.8) is 0 Å². The van der Waals surface area contributed by atoms with E-state index in [9.17, 15) is 4.79 Å². The SMILES string of the molecule is Br.CCCCn1c(-c2ccc(Br)cc2)csc1=Nc1ccc2[nH]c(=O)[nH]c2c1. The van der Waals surface area contributed by atoms with Gasteiger partial charge in [-0.2, -0.15) is 0 Å². The molecule has 5 nitrogen and oxygen atoms in total. The van der Waals surface area contributed by atoms with Gasteiger partial charge in [-0.05, 0) is 42.3 Å². The first-order valence-corrected chi connectivity index (χ1v) is 10.5. The lowest BCUT2D eigenvalue weighted by Crippen LogP contribution is -2.15. The second-order valence-electron chi connectivity index (χ2n) is 6.34. The lowest BCUT2D eigenvalue weighted by Gasteiger charge is -2.08. The summed E-state index contributed by atoms with van der Waals surface area (Å²) in [7, 11) is 0. The largest absolute Gasteiger partial charge is 0.323 e. The molecule has 28 heavy (non-hydrogen) atoms. The number of hydrogen-bond acceptors (Lipinski definition) is 3. The number of unbranched alkanes of at least 4 members (excludes halogenated alkanes) is 1. The van der Waals surface area contributed by atoms with Crippen molar-refractivity contribution in [3.8, 4) is 11.3 Å². The van der Waals surface area contributed by atoms with Crippen molar-refractivity contribution in [2.45, 2.75) is 26.3 Å². The van der Waals surface area contributed by atoms with Gasteiger partial charge in [-0.25, -0.2) is 9.79 Å². The van der Waals surface area contributed by atoms with E-state index >= 15 is 0 Å². The van der Waals surface area contributed by atoms with E-state index in [0.29, 0.717) is 0 Å². The summed E-state index contributed by atoms with van der Waals surface area (Å²) in [4.78, 5) is 22.8. The van der Waals surface area contributed by atoms with Crippen LogP contribution in [0.25, 0.3) is 22.3 Å². The van der Waals surface area contributed by atoms with Crippen LogP contribution in [-0.2, 0) is 6.54 Å². The minimum absolute atomic E-state index is 0. The molecule has 0 unspecified atom stereocenters. The molecular formula is C20H20Br2N4OS. The van der Waals surface area contributed by atoms with E-state index in [4.69, 9.17) is 4.99 Å². The minimum Gasteiger partial charge on any atom is -0.316 e. The molecule has 0 aliphatic rings. The van der Waals surface area contributed by atoms with Crippen LogP contribution in [0.4, 0.5) is 5.69 Å². The van der Waals surface area contributed by atoms with Gasteiger partial charge >= 0.3 is 5.69 Å². The second-order valence-corrected chi connectivity index (χ2v) is 8.09. The molecule has 0 atom stereocenters. The minimum atomic E-state index is -0.200. The highest BCUT2D eigenvalue weighted by atomic mass is 79.9. The highest BCUT2D eigenvalue weighted by Crippen LogP contribution is 2.24. The Labute approximate surface area is 185 Å². The van der Waals surface area contributed by atoms with Crippen molar-refractivity contribution in [1.82, 2.24) is 14.5 Å². The summed E-state index contributed by atoms with van der Waals surface area (Å²) in [5.41, 5.74) is 4.54. The van der Waals surface area contributed by atoms with Gasteiger partial charge in [0.1, 0.15) is 0 Å². The number of aromatic amines is 2. The van der Waals surface area contributed by atoms with Crippen molar-refractivity contribution in [1.29, 1.82) is 0 Å². The average Bonchev–Trinajstić information content (AvgIpc) is 3.22. The van der Waals surface area contributed by atoms with Crippen LogP contribution in [0.3, 0.4) is 0 Å². The van der Waals surface area contributed by atoms with Crippen LogP contribution in [-0.4, -0.2) is 14.5 Å². The molecule has 0 radical (unpaired) electrons. The first kappa shape index (κ1) is 20.8. The van der Waals surface area contributed by atoms with Crippen LogP contribution in [0.5, 0.6) is 0 Å². The predicted molar refractivity (Wildman–Crippen MR) is 125 cm³/mol. The Morgan fingerprint density at radius 2 is 1.86 bits per heavy atom. The third-order valence-electron chi connectivity index (χ3n) is 4.40. The summed E-state index contributed by atoms with van der Waals surface area (Å²) in [5.74, 6) is 0. The number of thiazole rings is 1. The number of aromatic nitrogens is 3.